The minimum Gasteiger partial charge on any atom is -0.465 e. The first-order chi connectivity index (χ1) is 8.54. The van der Waals surface area contributed by atoms with E-state index < -0.39 is 0 Å². The second-order valence-electron chi connectivity index (χ2n) is 4.34. The zero-order valence-corrected chi connectivity index (χ0v) is 11.0. The molecule has 1 N–H and O–H groups in total. The predicted octanol–water partition coefficient (Wildman–Crippen LogP) is 2.79. The van der Waals surface area contributed by atoms with Gasteiger partial charge in [0, 0.05) is 11.3 Å². The summed E-state index contributed by atoms with van der Waals surface area (Å²) in [5.74, 6) is -0.332. The normalized spacial score (nSPS) is 10.4. The zero-order chi connectivity index (χ0) is 13.3. The highest BCUT2D eigenvalue weighted by molar-refractivity contribution is 5.91. The molecule has 0 atom stereocenters. The van der Waals surface area contributed by atoms with Crippen molar-refractivity contribution in [1.29, 1.82) is 0 Å². The number of esters is 1. The van der Waals surface area contributed by atoms with Gasteiger partial charge in [-0.05, 0) is 44.0 Å². The maximum Gasteiger partial charge on any atom is 0.337 e. The van der Waals surface area contributed by atoms with E-state index in [1.54, 1.807) is 6.07 Å². The second-order valence-corrected chi connectivity index (χ2v) is 4.34. The number of carbonyl (C=O) groups excluding carboxylic acids is 1. The van der Waals surface area contributed by atoms with Gasteiger partial charge < -0.3 is 4.74 Å². The van der Waals surface area contributed by atoms with Crippen LogP contribution < -0.4 is 0 Å². The fraction of sp³-hybridized carbons (Fsp3) is 0.286. The highest BCUT2D eigenvalue weighted by Crippen LogP contribution is 2.27. The maximum absolute atomic E-state index is 11.5. The average molecular weight is 244 g/mol. The van der Waals surface area contributed by atoms with Gasteiger partial charge in [-0.15, -0.1) is 0 Å². The highest BCUT2D eigenvalue weighted by Gasteiger charge is 2.13. The SMILES string of the molecule is COC(=O)c1ccc(C)c(-c2n[nH]c(C)c2C)c1. The summed E-state index contributed by atoms with van der Waals surface area (Å²) in [6.45, 7) is 5.99. The van der Waals surface area contributed by atoms with Crippen LogP contribution in [0.4, 0.5) is 0 Å². The molecule has 0 spiro atoms. The average Bonchev–Trinajstić information content (AvgIpc) is 2.70. The Labute approximate surface area is 106 Å². The van der Waals surface area contributed by atoms with Gasteiger partial charge in [0.25, 0.3) is 0 Å². The summed E-state index contributed by atoms with van der Waals surface area (Å²) in [7, 11) is 1.38. The highest BCUT2D eigenvalue weighted by atomic mass is 16.5. The van der Waals surface area contributed by atoms with E-state index in [2.05, 4.69) is 10.2 Å². The van der Waals surface area contributed by atoms with Crippen molar-refractivity contribution in [3.05, 3.63) is 40.6 Å². The molecule has 0 unspecified atom stereocenters. The van der Waals surface area contributed by atoms with Crippen LogP contribution in [0, 0.1) is 20.8 Å². The van der Waals surface area contributed by atoms with E-state index in [0.29, 0.717) is 5.56 Å². The molecule has 18 heavy (non-hydrogen) atoms. The standard InChI is InChI=1S/C14H16N2O2/c1-8-5-6-11(14(17)18-4)7-12(8)13-9(2)10(3)15-16-13/h5-7H,1-4H3,(H,15,16). The molecular formula is C14H16N2O2. The number of nitrogens with zero attached hydrogens (tertiary/aromatic N) is 1. The summed E-state index contributed by atoms with van der Waals surface area (Å²) in [4.78, 5) is 11.5. The Kier molecular flexibility index (Phi) is 3.19. The lowest BCUT2D eigenvalue weighted by Gasteiger charge is -2.06. The van der Waals surface area contributed by atoms with Crippen LogP contribution in [0.1, 0.15) is 27.2 Å². The van der Waals surface area contributed by atoms with Crippen LogP contribution in [0.5, 0.6) is 0 Å². The molecule has 0 saturated heterocycles. The molecule has 0 saturated carbocycles. The summed E-state index contributed by atoms with van der Waals surface area (Å²) < 4.78 is 4.74. The molecular weight excluding hydrogens is 228 g/mol. The van der Waals surface area contributed by atoms with Crippen molar-refractivity contribution in [3.8, 4) is 11.3 Å². The fourth-order valence-electron chi connectivity index (χ4n) is 1.87. The van der Waals surface area contributed by atoms with Gasteiger partial charge in [0.15, 0.2) is 0 Å². The van der Waals surface area contributed by atoms with Crippen molar-refractivity contribution in [2.45, 2.75) is 20.8 Å². The van der Waals surface area contributed by atoms with E-state index in [1.165, 1.54) is 7.11 Å². The van der Waals surface area contributed by atoms with E-state index in [9.17, 15) is 4.79 Å². The third kappa shape index (κ3) is 2.01. The molecule has 0 radical (unpaired) electrons. The van der Waals surface area contributed by atoms with E-state index in [0.717, 1.165) is 28.1 Å². The number of aromatic amines is 1. The Bertz CT molecular complexity index is 600. The van der Waals surface area contributed by atoms with Crippen LogP contribution in [0.15, 0.2) is 18.2 Å². The lowest BCUT2D eigenvalue weighted by molar-refractivity contribution is 0.0601. The third-order valence-corrected chi connectivity index (χ3v) is 3.17. The van der Waals surface area contributed by atoms with Crippen LogP contribution >= 0.6 is 0 Å². The van der Waals surface area contributed by atoms with Crippen LogP contribution in [0.2, 0.25) is 0 Å². The van der Waals surface area contributed by atoms with E-state index in [-0.39, 0.29) is 5.97 Å². The van der Waals surface area contributed by atoms with E-state index in [4.69, 9.17) is 4.74 Å². The number of hydrogen-bond acceptors (Lipinski definition) is 3. The Morgan fingerprint density at radius 2 is 2.00 bits per heavy atom. The van der Waals surface area contributed by atoms with Crippen LogP contribution in [-0.4, -0.2) is 23.3 Å². The van der Waals surface area contributed by atoms with Gasteiger partial charge in [-0.25, -0.2) is 4.79 Å². The Balaban J connectivity index is 2.57. The number of rotatable bonds is 2. The number of H-pyrrole nitrogens is 1. The summed E-state index contributed by atoms with van der Waals surface area (Å²) in [6.07, 6.45) is 0. The molecule has 1 aromatic heterocycles. The topological polar surface area (TPSA) is 55.0 Å². The number of methoxy groups -OCH3 is 1. The molecule has 1 heterocycles. The van der Waals surface area contributed by atoms with Gasteiger partial charge >= 0.3 is 5.97 Å². The molecule has 0 bridgehead atoms. The summed E-state index contributed by atoms with van der Waals surface area (Å²) in [5.41, 5.74) is 5.60. The second kappa shape index (κ2) is 4.64. The van der Waals surface area contributed by atoms with Gasteiger partial charge in [0.2, 0.25) is 0 Å². The Morgan fingerprint density at radius 3 is 2.56 bits per heavy atom. The van der Waals surface area contributed by atoms with E-state index in [1.807, 2.05) is 32.9 Å². The maximum atomic E-state index is 11.5. The molecule has 0 aliphatic carbocycles. The quantitative estimate of drug-likeness (QED) is 0.826. The lowest BCUT2D eigenvalue weighted by Crippen LogP contribution is -2.02. The number of aromatic nitrogens is 2. The summed E-state index contributed by atoms with van der Waals surface area (Å²) in [5, 5.41) is 7.25. The number of benzene rings is 1. The summed E-state index contributed by atoms with van der Waals surface area (Å²) in [6, 6.07) is 5.49. The largest absolute Gasteiger partial charge is 0.465 e. The van der Waals surface area contributed by atoms with Crippen LogP contribution in [0.25, 0.3) is 11.3 Å². The van der Waals surface area contributed by atoms with Gasteiger partial charge in [-0.1, -0.05) is 6.07 Å². The molecule has 0 aliphatic heterocycles. The molecule has 2 aromatic rings. The monoisotopic (exact) mass is 244 g/mol. The smallest absolute Gasteiger partial charge is 0.337 e. The minimum atomic E-state index is -0.332. The first-order valence-corrected chi connectivity index (χ1v) is 5.75. The molecule has 0 aliphatic rings. The molecule has 4 heteroatoms. The van der Waals surface area contributed by atoms with Crippen LogP contribution in [0.3, 0.4) is 0 Å². The summed E-state index contributed by atoms with van der Waals surface area (Å²) >= 11 is 0. The number of hydrogen-bond donors (Lipinski definition) is 1. The van der Waals surface area contributed by atoms with Crippen molar-refractivity contribution < 1.29 is 9.53 Å². The van der Waals surface area contributed by atoms with Crippen molar-refractivity contribution in [3.63, 3.8) is 0 Å². The first-order valence-electron chi connectivity index (χ1n) is 5.75. The number of nitrogens with one attached hydrogen (secondary N) is 1. The Morgan fingerprint density at radius 1 is 1.28 bits per heavy atom. The number of aryl methyl sites for hydroxylation is 2. The minimum absolute atomic E-state index is 0.332. The van der Waals surface area contributed by atoms with Crippen molar-refractivity contribution in [2.75, 3.05) is 7.11 Å². The van der Waals surface area contributed by atoms with Gasteiger partial charge in [0.1, 0.15) is 0 Å². The predicted molar refractivity (Wildman–Crippen MR) is 69.6 cm³/mol. The molecule has 2 rings (SSSR count). The van der Waals surface area contributed by atoms with Gasteiger partial charge in [-0.3, -0.25) is 5.10 Å². The van der Waals surface area contributed by atoms with E-state index >= 15 is 0 Å². The molecule has 1 aromatic carbocycles. The van der Waals surface area contributed by atoms with Crippen molar-refractivity contribution >= 4 is 5.97 Å². The third-order valence-electron chi connectivity index (χ3n) is 3.17. The first kappa shape index (κ1) is 12.4. The van der Waals surface area contributed by atoms with Gasteiger partial charge in [0.05, 0.1) is 18.4 Å². The molecule has 94 valence electrons. The molecule has 0 amide bonds. The lowest BCUT2D eigenvalue weighted by atomic mass is 9.99. The molecule has 4 nitrogen and oxygen atoms in total. The van der Waals surface area contributed by atoms with Crippen molar-refractivity contribution in [1.82, 2.24) is 10.2 Å². The number of carbonyl (C=O) groups is 1. The van der Waals surface area contributed by atoms with Crippen LogP contribution in [-0.2, 0) is 4.74 Å². The molecule has 0 fully saturated rings. The fourth-order valence-corrected chi connectivity index (χ4v) is 1.87. The zero-order valence-electron chi connectivity index (χ0n) is 11.0. The number of ether oxygens (including phenoxy) is 1. The Hall–Kier alpha value is -2.10. The van der Waals surface area contributed by atoms with Gasteiger partial charge in [-0.2, -0.15) is 5.10 Å². The van der Waals surface area contributed by atoms with Crippen molar-refractivity contribution in [2.24, 2.45) is 0 Å².